The zero-order valence-corrected chi connectivity index (χ0v) is 19.3. The first-order valence-corrected chi connectivity index (χ1v) is 10.4. The molecule has 0 bridgehead atoms. The summed E-state index contributed by atoms with van der Waals surface area (Å²) < 4.78 is 14.9. The SMILES string of the molecule is C/C=C(\C(=N/C)C(C)(C)F)c1ccccc1[C@H](CC)/C(C=C(C)C)=C(/C)CC. The van der Waals surface area contributed by atoms with Gasteiger partial charge in [-0.2, -0.15) is 0 Å². The second-order valence-electron chi connectivity index (χ2n) is 8.11. The molecule has 1 nitrogen and oxygen atoms in total. The van der Waals surface area contributed by atoms with E-state index in [1.165, 1.54) is 22.3 Å². The monoisotopic (exact) mass is 383 g/mol. The fourth-order valence-corrected chi connectivity index (χ4v) is 3.82. The van der Waals surface area contributed by atoms with Gasteiger partial charge >= 0.3 is 0 Å². The van der Waals surface area contributed by atoms with Crippen LogP contribution in [0.3, 0.4) is 0 Å². The number of benzene rings is 1. The van der Waals surface area contributed by atoms with E-state index < -0.39 is 5.67 Å². The van der Waals surface area contributed by atoms with Gasteiger partial charge in [-0.05, 0) is 71.1 Å². The highest BCUT2D eigenvalue weighted by Gasteiger charge is 2.29. The van der Waals surface area contributed by atoms with Gasteiger partial charge in [0.2, 0.25) is 0 Å². The Balaban J connectivity index is 3.74. The highest BCUT2D eigenvalue weighted by Crippen LogP contribution is 2.38. The van der Waals surface area contributed by atoms with Crippen LogP contribution in [0.15, 0.2) is 58.1 Å². The minimum absolute atomic E-state index is 0.266. The highest BCUT2D eigenvalue weighted by atomic mass is 19.1. The zero-order chi connectivity index (χ0) is 21.5. The van der Waals surface area contributed by atoms with Crippen LogP contribution in [0.25, 0.3) is 5.57 Å². The molecule has 0 saturated carbocycles. The summed E-state index contributed by atoms with van der Waals surface area (Å²) in [5.74, 6) is 0.266. The molecule has 1 atom stereocenters. The van der Waals surface area contributed by atoms with Crippen LogP contribution in [0, 0.1) is 0 Å². The number of hydrogen-bond donors (Lipinski definition) is 0. The summed E-state index contributed by atoms with van der Waals surface area (Å²) >= 11 is 0. The molecule has 0 aliphatic rings. The quantitative estimate of drug-likeness (QED) is 0.318. The molecule has 2 heteroatoms. The number of allylic oxidation sites excluding steroid dienone is 6. The number of hydrogen-bond acceptors (Lipinski definition) is 1. The predicted molar refractivity (Wildman–Crippen MR) is 124 cm³/mol. The molecule has 1 rings (SSSR count). The summed E-state index contributed by atoms with van der Waals surface area (Å²) in [7, 11) is 1.68. The number of rotatable bonds is 8. The number of nitrogens with zero attached hydrogens (tertiary/aromatic N) is 1. The molecule has 0 fully saturated rings. The fourth-order valence-electron chi connectivity index (χ4n) is 3.82. The average molecular weight is 384 g/mol. The molecule has 0 saturated heterocycles. The molecule has 0 amide bonds. The number of aliphatic imine (C=N–C) groups is 1. The normalized spacial score (nSPS) is 15.2. The average Bonchev–Trinajstić information content (AvgIpc) is 2.64. The van der Waals surface area contributed by atoms with Crippen molar-refractivity contribution in [2.24, 2.45) is 4.99 Å². The van der Waals surface area contributed by atoms with Crippen molar-refractivity contribution >= 4 is 11.3 Å². The Morgan fingerprint density at radius 3 is 2.18 bits per heavy atom. The standard InChI is InChI=1S/C26H38FN/c1-10-19(6)24(17-18(4)5)20(11-2)22-15-13-14-16-23(22)21(12-3)25(28-9)26(7,8)27/h12-17,20H,10-11H2,1-9H3/b21-12-,24-19-,28-25+/t20-/m0/s1. The highest BCUT2D eigenvalue weighted by molar-refractivity contribution is 6.27. The summed E-state index contributed by atoms with van der Waals surface area (Å²) in [5.41, 5.74) is 6.28. The van der Waals surface area contributed by atoms with Gasteiger partial charge in [0.15, 0.2) is 0 Å². The largest absolute Gasteiger partial charge is 0.289 e. The van der Waals surface area contributed by atoms with E-state index >= 15 is 0 Å². The first-order valence-electron chi connectivity index (χ1n) is 10.4. The van der Waals surface area contributed by atoms with Crippen LogP contribution < -0.4 is 0 Å². The van der Waals surface area contributed by atoms with E-state index in [2.05, 4.69) is 63.9 Å². The van der Waals surface area contributed by atoms with Crippen molar-refractivity contribution < 1.29 is 4.39 Å². The van der Waals surface area contributed by atoms with Crippen molar-refractivity contribution in [2.45, 2.75) is 79.8 Å². The van der Waals surface area contributed by atoms with Crippen LogP contribution in [-0.2, 0) is 0 Å². The first-order chi connectivity index (χ1) is 13.1. The topological polar surface area (TPSA) is 12.4 Å². The third kappa shape index (κ3) is 5.77. The summed E-state index contributed by atoms with van der Waals surface area (Å²) in [5, 5.41) is 0. The summed E-state index contributed by atoms with van der Waals surface area (Å²) in [4.78, 5) is 4.33. The second kappa shape index (κ2) is 10.5. The molecule has 0 aliphatic heterocycles. The van der Waals surface area contributed by atoms with Gasteiger partial charge in [-0.3, -0.25) is 4.99 Å². The summed E-state index contributed by atoms with van der Waals surface area (Å²) in [6.07, 6.45) is 6.31. The van der Waals surface area contributed by atoms with Crippen LogP contribution in [0.2, 0.25) is 0 Å². The number of halogens is 1. The van der Waals surface area contributed by atoms with Gasteiger partial charge in [-0.15, -0.1) is 0 Å². The Labute approximate surface area is 172 Å². The van der Waals surface area contributed by atoms with E-state index in [0.29, 0.717) is 5.71 Å². The molecule has 0 N–H and O–H groups in total. The predicted octanol–water partition coefficient (Wildman–Crippen LogP) is 8.10. The fraction of sp³-hybridized carbons (Fsp3) is 0.500. The lowest BCUT2D eigenvalue weighted by atomic mass is 9.79. The maximum absolute atomic E-state index is 14.9. The van der Waals surface area contributed by atoms with Gasteiger partial charge in [0.25, 0.3) is 0 Å². The molecule has 28 heavy (non-hydrogen) atoms. The van der Waals surface area contributed by atoms with Crippen molar-refractivity contribution in [3.63, 3.8) is 0 Å². The summed E-state index contributed by atoms with van der Waals surface area (Å²) in [6.45, 7) is 16.1. The van der Waals surface area contributed by atoms with Crippen molar-refractivity contribution in [1.82, 2.24) is 0 Å². The lowest BCUT2D eigenvalue weighted by molar-refractivity contribution is 0.315. The van der Waals surface area contributed by atoms with E-state index in [1.807, 2.05) is 19.1 Å². The molecule has 0 radical (unpaired) electrons. The van der Waals surface area contributed by atoms with E-state index in [1.54, 1.807) is 20.9 Å². The van der Waals surface area contributed by atoms with Gasteiger partial charge < -0.3 is 0 Å². The van der Waals surface area contributed by atoms with Crippen molar-refractivity contribution in [3.05, 3.63) is 64.3 Å². The lowest BCUT2D eigenvalue weighted by Gasteiger charge is -2.26. The molecule has 0 aromatic heterocycles. The zero-order valence-electron chi connectivity index (χ0n) is 19.3. The Morgan fingerprint density at radius 2 is 1.75 bits per heavy atom. The van der Waals surface area contributed by atoms with Gasteiger partial charge in [-0.25, -0.2) is 4.39 Å². The molecular weight excluding hydrogens is 345 g/mol. The minimum atomic E-state index is -1.50. The Bertz CT molecular complexity index is 781. The van der Waals surface area contributed by atoms with Crippen LogP contribution in [0.1, 0.15) is 85.3 Å². The second-order valence-corrected chi connectivity index (χ2v) is 8.11. The van der Waals surface area contributed by atoms with Crippen LogP contribution in [0.5, 0.6) is 0 Å². The Hall–Kier alpha value is -1.96. The first kappa shape index (κ1) is 24.1. The van der Waals surface area contributed by atoms with Crippen LogP contribution in [-0.4, -0.2) is 18.4 Å². The van der Waals surface area contributed by atoms with Crippen molar-refractivity contribution in [1.29, 1.82) is 0 Å². The third-order valence-corrected chi connectivity index (χ3v) is 5.21. The van der Waals surface area contributed by atoms with E-state index in [0.717, 1.165) is 24.0 Å². The van der Waals surface area contributed by atoms with E-state index in [9.17, 15) is 4.39 Å². The van der Waals surface area contributed by atoms with Crippen molar-refractivity contribution in [3.8, 4) is 0 Å². The van der Waals surface area contributed by atoms with Gasteiger partial charge in [0, 0.05) is 18.5 Å². The Kier molecular flexibility index (Phi) is 9.07. The molecular formula is C26H38FN. The number of alkyl halides is 1. The molecule has 0 spiro atoms. The Morgan fingerprint density at radius 1 is 1.14 bits per heavy atom. The van der Waals surface area contributed by atoms with E-state index in [-0.39, 0.29) is 5.92 Å². The summed E-state index contributed by atoms with van der Waals surface area (Å²) in [6, 6.07) is 8.41. The smallest absolute Gasteiger partial charge is 0.147 e. The van der Waals surface area contributed by atoms with E-state index in [4.69, 9.17) is 0 Å². The molecule has 0 unspecified atom stereocenters. The third-order valence-electron chi connectivity index (χ3n) is 5.21. The van der Waals surface area contributed by atoms with Crippen molar-refractivity contribution in [2.75, 3.05) is 7.05 Å². The molecule has 1 aromatic carbocycles. The molecule has 1 aromatic rings. The maximum atomic E-state index is 14.9. The van der Waals surface area contributed by atoms with Gasteiger partial charge in [-0.1, -0.05) is 61.4 Å². The molecule has 154 valence electrons. The van der Waals surface area contributed by atoms with Gasteiger partial charge in [0.05, 0.1) is 5.71 Å². The van der Waals surface area contributed by atoms with Crippen LogP contribution in [0.4, 0.5) is 4.39 Å². The maximum Gasteiger partial charge on any atom is 0.147 e. The lowest BCUT2D eigenvalue weighted by Crippen LogP contribution is -2.28. The van der Waals surface area contributed by atoms with Crippen LogP contribution >= 0.6 is 0 Å². The molecule has 0 aliphatic carbocycles. The van der Waals surface area contributed by atoms with Gasteiger partial charge in [0.1, 0.15) is 5.67 Å². The minimum Gasteiger partial charge on any atom is -0.289 e. The molecule has 0 heterocycles.